The van der Waals surface area contributed by atoms with Gasteiger partial charge < -0.3 is 13.9 Å². The summed E-state index contributed by atoms with van der Waals surface area (Å²) < 4.78 is 12.1. The number of rotatable bonds is 5. The molecule has 182 valence electrons. The molecule has 2 N–H and O–H groups in total. The number of nitrogens with one attached hydrogen (secondary N) is 1. The first-order valence-electron chi connectivity index (χ1n) is 11.6. The fourth-order valence-corrected chi connectivity index (χ4v) is 5.06. The van der Waals surface area contributed by atoms with Crippen molar-refractivity contribution in [2.75, 3.05) is 0 Å². The van der Waals surface area contributed by atoms with E-state index < -0.39 is 17.3 Å². The number of aromatic nitrogens is 1. The Morgan fingerprint density at radius 1 is 0.946 bits per heavy atom. The van der Waals surface area contributed by atoms with Crippen molar-refractivity contribution in [1.29, 1.82) is 0 Å². The van der Waals surface area contributed by atoms with Crippen LogP contribution in [0.5, 0.6) is 0 Å². The van der Waals surface area contributed by atoms with Crippen molar-refractivity contribution in [3.05, 3.63) is 107 Å². The number of benzene rings is 3. The van der Waals surface area contributed by atoms with E-state index in [0.717, 1.165) is 33.8 Å². The van der Waals surface area contributed by atoms with Crippen LogP contribution in [0.2, 0.25) is 0 Å². The van der Waals surface area contributed by atoms with Gasteiger partial charge in [0.25, 0.3) is 11.1 Å². The van der Waals surface area contributed by atoms with E-state index in [2.05, 4.69) is 10.3 Å². The molecule has 2 aromatic heterocycles. The summed E-state index contributed by atoms with van der Waals surface area (Å²) >= 11 is 0.863. The van der Waals surface area contributed by atoms with Gasteiger partial charge in [0.05, 0.1) is 4.91 Å². The second kappa shape index (κ2) is 9.24. The second-order valence-corrected chi connectivity index (χ2v) is 9.56. The average Bonchev–Trinajstić information content (AvgIpc) is 3.58. The van der Waals surface area contributed by atoms with E-state index in [4.69, 9.17) is 8.83 Å². The first-order valence-corrected chi connectivity index (χ1v) is 12.4. The van der Waals surface area contributed by atoms with Crippen LogP contribution in [0.4, 0.5) is 4.79 Å². The molecule has 0 aliphatic carbocycles. The quantitative estimate of drug-likeness (QED) is 0.262. The van der Waals surface area contributed by atoms with Crippen LogP contribution in [-0.2, 0) is 4.79 Å². The van der Waals surface area contributed by atoms with Gasteiger partial charge in [-0.2, -0.15) is 0 Å². The van der Waals surface area contributed by atoms with Crippen LogP contribution in [0.25, 0.3) is 39.6 Å². The maximum atomic E-state index is 12.0. The Kier molecular flexibility index (Phi) is 5.75. The smallest absolute Gasteiger partial charge is 0.290 e. The SMILES string of the molecule is Cc1oc(-c2ccccc2)nc1C(O)c1oc2ccc(C=C3SC(=O)NC3=O)cc2c1-c1ccccc1. The lowest BCUT2D eigenvalue weighted by Crippen LogP contribution is -2.17. The Hall–Kier alpha value is -4.40. The van der Waals surface area contributed by atoms with E-state index in [1.807, 2.05) is 66.7 Å². The third kappa shape index (κ3) is 4.26. The van der Waals surface area contributed by atoms with E-state index in [1.54, 1.807) is 25.1 Å². The summed E-state index contributed by atoms with van der Waals surface area (Å²) in [6, 6.07) is 24.6. The third-order valence-electron chi connectivity index (χ3n) is 6.10. The van der Waals surface area contributed by atoms with Crippen molar-refractivity contribution in [3.8, 4) is 22.6 Å². The van der Waals surface area contributed by atoms with Gasteiger partial charge in [0.1, 0.15) is 22.8 Å². The van der Waals surface area contributed by atoms with Gasteiger partial charge in [-0.15, -0.1) is 0 Å². The molecule has 3 aromatic carbocycles. The Labute approximate surface area is 215 Å². The minimum atomic E-state index is -1.18. The Balaban J connectivity index is 1.48. The molecule has 6 rings (SSSR count). The van der Waals surface area contributed by atoms with Gasteiger partial charge in [-0.1, -0.05) is 54.6 Å². The predicted molar refractivity (Wildman–Crippen MR) is 141 cm³/mol. The predicted octanol–water partition coefficient (Wildman–Crippen LogP) is 6.47. The molecule has 1 aliphatic rings. The zero-order chi connectivity index (χ0) is 25.5. The van der Waals surface area contributed by atoms with Crippen molar-refractivity contribution in [2.24, 2.45) is 0 Å². The Morgan fingerprint density at radius 3 is 2.32 bits per heavy atom. The highest BCUT2D eigenvalue weighted by molar-refractivity contribution is 8.18. The van der Waals surface area contributed by atoms with Crippen LogP contribution >= 0.6 is 11.8 Å². The molecule has 0 bridgehead atoms. The number of thioether (sulfide) groups is 1. The van der Waals surface area contributed by atoms with Crippen molar-refractivity contribution in [2.45, 2.75) is 13.0 Å². The van der Waals surface area contributed by atoms with Crippen LogP contribution in [0.1, 0.15) is 28.9 Å². The number of amides is 2. The van der Waals surface area contributed by atoms with Gasteiger partial charge in [0.15, 0.2) is 6.10 Å². The lowest BCUT2D eigenvalue weighted by atomic mass is 9.97. The van der Waals surface area contributed by atoms with Gasteiger partial charge >= 0.3 is 0 Å². The highest BCUT2D eigenvalue weighted by Crippen LogP contribution is 2.41. The standard InChI is InChI=1S/C29H20N2O5S/c1-16-24(30-28(35-16)19-10-6-3-7-11-19)25(32)26-23(18-8-4-2-5-9-18)20-14-17(12-13-21(20)36-26)15-22-27(33)31-29(34)37-22/h2-15,25,32H,1H3,(H,31,33,34). The molecule has 5 aromatic rings. The molecule has 0 saturated carbocycles. The Bertz CT molecular complexity index is 1690. The number of nitrogens with zero attached hydrogens (tertiary/aromatic N) is 1. The number of hydrogen-bond donors (Lipinski definition) is 2. The lowest BCUT2D eigenvalue weighted by Gasteiger charge is -2.09. The molecule has 7 nitrogen and oxygen atoms in total. The van der Waals surface area contributed by atoms with E-state index in [-0.39, 0.29) is 0 Å². The molecule has 1 unspecified atom stereocenters. The molecular weight excluding hydrogens is 488 g/mol. The molecule has 37 heavy (non-hydrogen) atoms. The van der Waals surface area contributed by atoms with Gasteiger partial charge in [0.2, 0.25) is 5.89 Å². The summed E-state index contributed by atoms with van der Waals surface area (Å²) in [7, 11) is 0. The maximum Gasteiger partial charge on any atom is 0.290 e. The summed E-state index contributed by atoms with van der Waals surface area (Å²) in [4.78, 5) is 28.5. The minimum absolute atomic E-state index is 0.320. The number of aliphatic hydroxyl groups is 1. The number of aliphatic hydroxyl groups excluding tert-OH is 1. The molecule has 1 atom stereocenters. The Morgan fingerprint density at radius 2 is 1.65 bits per heavy atom. The monoisotopic (exact) mass is 508 g/mol. The van der Waals surface area contributed by atoms with Crippen LogP contribution in [-0.4, -0.2) is 21.2 Å². The summed E-state index contributed by atoms with van der Waals surface area (Å²) in [5.41, 5.74) is 4.04. The zero-order valence-electron chi connectivity index (χ0n) is 19.6. The van der Waals surface area contributed by atoms with Crippen molar-refractivity contribution in [3.63, 3.8) is 0 Å². The number of oxazole rings is 1. The topological polar surface area (TPSA) is 106 Å². The van der Waals surface area contributed by atoms with Crippen LogP contribution in [0.15, 0.2) is 92.6 Å². The fourth-order valence-electron chi connectivity index (χ4n) is 4.38. The molecule has 1 fully saturated rings. The fraction of sp³-hybridized carbons (Fsp3) is 0.0690. The van der Waals surface area contributed by atoms with Crippen LogP contribution < -0.4 is 5.32 Å². The number of imide groups is 1. The maximum absolute atomic E-state index is 12.0. The highest BCUT2D eigenvalue weighted by atomic mass is 32.2. The van der Waals surface area contributed by atoms with Gasteiger partial charge in [-0.05, 0) is 60.2 Å². The first kappa shape index (κ1) is 23.0. The second-order valence-electron chi connectivity index (χ2n) is 8.54. The van der Waals surface area contributed by atoms with Gasteiger partial charge in [-0.3, -0.25) is 14.9 Å². The summed E-state index contributed by atoms with van der Waals surface area (Å²) in [6.07, 6.45) is 0.482. The van der Waals surface area contributed by atoms with Gasteiger partial charge in [-0.25, -0.2) is 4.98 Å². The number of fused-ring (bicyclic) bond motifs is 1. The van der Waals surface area contributed by atoms with Crippen LogP contribution in [0.3, 0.4) is 0 Å². The third-order valence-corrected chi connectivity index (χ3v) is 6.91. The zero-order valence-corrected chi connectivity index (χ0v) is 20.4. The molecular formula is C29H20N2O5S. The molecule has 2 amide bonds. The largest absolute Gasteiger partial charge is 0.457 e. The van der Waals surface area contributed by atoms with Crippen molar-refractivity contribution >= 4 is 40.0 Å². The van der Waals surface area contributed by atoms with Crippen molar-refractivity contribution in [1.82, 2.24) is 10.3 Å². The van der Waals surface area contributed by atoms with Gasteiger partial charge in [0, 0.05) is 16.5 Å². The lowest BCUT2D eigenvalue weighted by molar-refractivity contribution is -0.115. The molecule has 1 saturated heterocycles. The number of furan rings is 1. The van der Waals surface area contributed by atoms with E-state index in [1.165, 1.54) is 0 Å². The van der Waals surface area contributed by atoms with Crippen molar-refractivity contribution < 1.29 is 23.5 Å². The van der Waals surface area contributed by atoms with E-state index >= 15 is 0 Å². The first-order chi connectivity index (χ1) is 18.0. The van der Waals surface area contributed by atoms with E-state index in [9.17, 15) is 14.7 Å². The number of carbonyl (C=O) groups excluding carboxylic acids is 2. The number of hydrogen-bond acceptors (Lipinski definition) is 7. The van der Waals surface area contributed by atoms with Crippen LogP contribution in [0, 0.1) is 6.92 Å². The number of aryl methyl sites for hydroxylation is 1. The minimum Gasteiger partial charge on any atom is -0.457 e. The molecule has 0 spiro atoms. The summed E-state index contributed by atoms with van der Waals surface area (Å²) in [5, 5.41) is 14.1. The molecule has 0 radical (unpaired) electrons. The number of carbonyl (C=O) groups is 2. The molecule has 1 aliphatic heterocycles. The summed E-state index contributed by atoms with van der Waals surface area (Å²) in [6.45, 7) is 1.76. The molecule has 3 heterocycles. The average molecular weight is 509 g/mol. The summed E-state index contributed by atoms with van der Waals surface area (Å²) in [5.74, 6) is 0.827. The highest BCUT2D eigenvalue weighted by Gasteiger charge is 2.29. The normalized spacial score (nSPS) is 15.5. The van der Waals surface area contributed by atoms with E-state index in [0.29, 0.717) is 39.2 Å². The molecule has 8 heteroatoms.